The van der Waals surface area contributed by atoms with E-state index in [-0.39, 0.29) is 18.1 Å². The van der Waals surface area contributed by atoms with Crippen molar-refractivity contribution in [1.82, 2.24) is 10.2 Å². The Morgan fingerprint density at radius 1 is 1.65 bits per heavy atom. The Morgan fingerprint density at radius 3 is 3.00 bits per heavy atom. The minimum absolute atomic E-state index is 0.0465. The maximum atomic E-state index is 11.8. The van der Waals surface area contributed by atoms with Gasteiger partial charge >= 0.3 is 0 Å². The van der Waals surface area contributed by atoms with Crippen LogP contribution in [0.5, 0.6) is 0 Å². The van der Waals surface area contributed by atoms with Crippen LogP contribution in [0.3, 0.4) is 0 Å². The van der Waals surface area contributed by atoms with Gasteiger partial charge in [-0.3, -0.25) is 4.79 Å². The van der Waals surface area contributed by atoms with E-state index in [1.807, 2.05) is 0 Å². The van der Waals surface area contributed by atoms with Gasteiger partial charge in [0.1, 0.15) is 0 Å². The number of nitrogens with two attached hydrogens (primary N) is 1. The van der Waals surface area contributed by atoms with Crippen molar-refractivity contribution in [2.24, 2.45) is 5.73 Å². The maximum Gasteiger partial charge on any atom is 0.222 e. The van der Waals surface area contributed by atoms with Crippen LogP contribution in [-0.2, 0) is 9.53 Å². The molecule has 0 aromatic carbocycles. The standard InChI is InChI=1S/C12H25N3O2/c1-3-15-6-4-5-10(9-15)14-12(16)7-11(8-13)17-2/h10-11H,3-9,13H2,1-2H3,(H,14,16). The van der Waals surface area contributed by atoms with Gasteiger partial charge in [0.05, 0.1) is 12.5 Å². The van der Waals surface area contributed by atoms with Crippen LogP contribution in [0.15, 0.2) is 0 Å². The quantitative estimate of drug-likeness (QED) is 0.686. The molecule has 3 N–H and O–H groups in total. The molecule has 2 unspecified atom stereocenters. The van der Waals surface area contributed by atoms with Crippen molar-refractivity contribution in [3.8, 4) is 0 Å². The van der Waals surface area contributed by atoms with Crippen LogP contribution >= 0.6 is 0 Å². The summed E-state index contributed by atoms with van der Waals surface area (Å²) in [5.74, 6) is 0.0465. The van der Waals surface area contributed by atoms with E-state index >= 15 is 0 Å². The number of likely N-dealkylation sites (N-methyl/N-ethyl adjacent to an activating group) is 1. The van der Waals surface area contributed by atoms with Crippen molar-refractivity contribution in [3.05, 3.63) is 0 Å². The van der Waals surface area contributed by atoms with Crippen molar-refractivity contribution in [3.63, 3.8) is 0 Å². The predicted molar refractivity (Wildman–Crippen MR) is 67.7 cm³/mol. The summed E-state index contributed by atoms with van der Waals surface area (Å²) in [6.45, 7) is 5.69. The smallest absolute Gasteiger partial charge is 0.222 e. The van der Waals surface area contributed by atoms with Gasteiger partial charge in [-0.1, -0.05) is 6.92 Å². The first-order valence-corrected chi connectivity index (χ1v) is 6.44. The Morgan fingerprint density at radius 2 is 2.41 bits per heavy atom. The average molecular weight is 243 g/mol. The SMILES string of the molecule is CCN1CCCC(NC(=O)CC(CN)OC)C1. The lowest BCUT2D eigenvalue weighted by Gasteiger charge is -2.32. The molecule has 100 valence electrons. The summed E-state index contributed by atoms with van der Waals surface area (Å²) in [6.07, 6.45) is 2.42. The fraction of sp³-hybridized carbons (Fsp3) is 0.917. The monoisotopic (exact) mass is 243 g/mol. The van der Waals surface area contributed by atoms with E-state index in [0.717, 1.165) is 32.5 Å². The van der Waals surface area contributed by atoms with E-state index in [2.05, 4.69) is 17.1 Å². The molecule has 5 nitrogen and oxygen atoms in total. The normalized spacial score (nSPS) is 23.4. The number of carbonyl (C=O) groups is 1. The Kier molecular flexibility index (Phi) is 6.47. The molecule has 1 saturated heterocycles. The molecule has 1 aliphatic rings. The summed E-state index contributed by atoms with van der Waals surface area (Å²) >= 11 is 0. The van der Waals surface area contributed by atoms with Gasteiger partial charge in [-0.2, -0.15) is 0 Å². The number of nitrogens with zero attached hydrogens (tertiary/aromatic N) is 1. The second-order valence-corrected chi connectivity index (χ2v) is 4.60. The van der Waals surface area contributed by atoms with Crippen molar-refractivity contribution in [2.45, 2.75) is 38.3 Å². The Bertz CT molecular complexity index is 232. The molecule has 0 aliphatic carbocycles. The summed E-state index contributed by atoms with van der Waals surface area (Å²) in [5.41, 5.74) is 5.50. The highest BCUT2D eigenvalue weighted by Gasteiger charge is 2.21. The molecule has 1 amide bonds. The third kappa shape index (κ3) is 5.02. The summed E-state index contributed by atoms with van der Waals surface area (Å²) in [4.78, 5) is 14.1. The molecule has 1 fully saturated rings. The molecule has 1 heterocycles. The zero-order valence-electron chi connectivity index (χ0n) is 10.9. The molecule has 0 radical (unpaired) electrons. The van der Waals surface area contributed by atoms with Crippen LogP contribution in [0.25, 0.3) is 0 Å². The molecule has 5 heteroatoms. The highest BCUT2D eigenvalue weighted by Crippen LogP contribution is 2.09. The number of carbonyl (C=O) groups excluding carboxylic acids is 1. The topological polar surface area (TPSA) is 67.6 Å². The zero-order valence-corrected chi connectivity index (χ0v) is 10.9. The number of ether oxygens (including phenoxy) is 1. The molecular weight excluding hydrogens is 218 g/mol. The van der Waals surface area contributed by atoms with Crippen LogP contribution < -0.4 is 11.1 Å². The third-order valence-electron chi connectivity index (χ3n) is 3.33. The summed E-state index contributed by atoms with van der Waals surface area (Å²) in [7, 11) is 1.59. The van der Waals surface area contributed by atoms with Gasteiger partial charge in [0, 0.05) is 26.2 Å². The highest BCUT2D eigenvalue weighted by molar-refractivity contribution is 5.76. The van der Waals surface area contributed by atoms with Gasteiger partial charge in [-0.15, -0.1) is 0 Å². The van der Waals surface area contributed by atoms with Gasteiger partial charge < -0.3 is 20.7 Å². The number of likely N-dealkylation sites (tertiary alicyclic amines) is 1. The molecule has 0 aromatic rings. The lowest BCUT2D eigenvalue weighted by Crippen LogP contribution is -2.48. The molecule has 0 saturated carbocycles. The van der Waals surface area contributed by atoms with Gasteiger partial charge in [0.2, 0.25) is 5.91 Å². The molecular formula is C12H25N3O2. The van der Waals surface area contributed by atoms with Crippen LogP contribution in [0.1, 0.15) is 26.2 Å². The third-order valence-corrected chi connectivity index (χ3v) is 3.33. The Labute approximate surface area is 104 Å². The van der Waals surface area contributed by atoms with E-state index < -0.39 is 0 Å². The van der Waals surface area contributed by atoms with Crippen LogP contribution in [0.4, 0.5) is 0 Å². The summed E-state index contributed by atoms with van der Waals surface area (Å²) < 4.78 is 5.11. The molecule has 17 heavy (non-hydrogen) atoms. The van der Waals surface area contributed by atoms with Crippen LogP contribution in [0.2, 0.25) is 0 Å². The minimum atomic E-state index is -0.166. The number of methoxy groups -OCH3 is 1. The molecule has 1 aliphatic heterocycles. The lowest BCUT2D eigenvalue weighted by atomic mass is 10.1. The fourth-order valence-corrected chi connectivity index (χ4v) is 2.22. The van der Waals surface area contributed by atoms with E-state index in [1.165, 1.54) is 0 Å². The van der Waals surface area contributed by atoms with Gasteiger partial charge in [-0.25, -0.2) is 0 Å². The number of piperidine rings is 1. The van der Waals surface area contributed by atoms with Crippen molar-refractivity contribution in [1.29, 1.82) is 0 Å². The highest BCUT2D eigenvalue weighted by atomic mass is 16.5. The molecule has 1 rings (SSSR count). The van der Waals surface area contributed by atoms with Crippen molar-refractivity contribution < 1.29 is 9.53 Å². The van der Waals surface area contributed by atoms with Crippen molar-refractivity contribution in [2.75, 3.05) is 33.3 Å². The molecule has 2 atom stereocenters. The second kappa shape index (κ2) is 7.63. The molecule has 0 spiro atoms. The van der Waals surface area contributed by atoms with Gasteiger partial charge in [-0.05, 0) is 25.9 Å². The average Bonchev–Trinajstić information content (AvgIpc) is 2.36. The lowest BCUT2D eigenvalue weighted by molar-refractivity contribution is -0.124. The van der Waals surface area contributed by atoms with Gasteiger partial charge in [0.15, 0.2) is 0 Å². The van der Waals surface area contributed by atoms with Crippen LogP contribution in [-0.4, -0.2) is 56.2 Å². The van der Waals surface area contributed by atoms with E-state index in [4.69, 9.17) is 10.5 Å². The van der Waals surface area contributed by atoms with E-state index in [1.54, 1.807) is 7.11 Å². The first-order valence-electron chi connectivity index (χ1n) is 6.44. The van der Waals surface area contributed by atoms with E-state index in [9.17, 15) is 4.79 Å². The number of hydrogen-bond donors (Lipinski definition) is 2. The maximum absolute atomic E-state index is 11.8. The number of amides is 1. The van der Waals surface area contributed by atoms with Crippen LogP contribution in [0, 0.1) is 0 Å². The summed E-state index contributed by atoms with van der Waals surface area (Å²) in [5, 5.41) is 3.07. The largest absolute Gasteiger partial charge is 0.380 e. The molecule has 0 aromatic heterocycles. The first-order chi connectivity index (χ1) is 8.19. The summed E-state index contributed by atoms with van der Waals surface area (Å²) in [6, 6.07) is 0.284. The van der Waals surface area contributed by atoms with Gasteiger partial charge in [0.25, 0.3) is 0 Å². The van der Waals surface area contributed by atoms with Crippen molar-refractivity contribution >= 4 is 5.91 Å². The first kappa shape index (κ1) is 14.4. The van der Waals surface area contributed by atoms with E-state index in [0.29, 0.717) is 13.0 Å². The number of rotatable bonds is 6. The number of hydrogen-bond acceptors (Lipinski definition) is 4. The minimum Gasteiger partial charge on any atom is -0.380 e. The fourth-order valence-electron chi connectivity index (χ4n) is 2.22. The zero-order chi connectivity index (χ0) is 12.7. The number of nitrogens with one attached hydrogen (secondary N) is 1. The Balaban J connectivity index is 2.30. The second-order valence-electron chi connectivity index (χ2n) is 4.60. The molecule has 0 bridgehead atoms. The Hall–Kier alpha value is -0.650. The predicted octanol–water partition coefficient (Wildman–Crippen LogP) is -0.0493.